The molecule has 0 bridgehead atoms. The van der Waals surface area contributed by atoms with Crippen molar-refractivity contribution >= 4 is 10.0 Å². The fourth-order valence-corrected chi connectivity index (χ4v) is 3.95. The van der Waals surface area contributed by atoms with Gasteiger partial charge >= 0.3 is 0 Å². The third kappa shape index (κ3) is 3.95. The summed E-state index contributed by atoms with van der Waals surface area (Å²) in [5, 5.41) is 6.64. The summed E-state index contributed by atoms with van der Waals surface area (Å²) in [4.78, 5) is 0.213. The van der Waals surface area contributed by atoms with Crippen LogP contribution in [-0.2, 0) is 10.0 Å². The molecule has 2 N–H and O–H groups in total. The highest BCUT2D eigenvalue weighted by atomic mass is 32.2. The standard InChI is InChI=1S/C19H21N3O3S/c1-3-25-19-7-5-4-6-18(19)14(2)22-26(23,24)17-10-8-15(9-11-17)16-12-20-21-13-16/h4-14,22H,3H2,1-2H3,(H,20,21). The van der Waals surface area contributed by atoms with E-state index in [1.54, 1.807) is 43.6 Å². The minimum atomic E-state index is -3.65. The van der Waals surface area contributed by atoms with Gasteiger partial charge in [0.15, 0.2) is 0 Å². The Morgan fingerprint density at radius 3 is 2.50 bits per heavy atom. The summed E-state index contributed by atoms with van der Waals surface area (Å²) in [5.41, 5.74) is 2.60. The number of aromatic amines is 1. The highest BCUT2D eigenvalue weighted by Gasteiger charge is 2.20. The quantitative estimate of drug-likeness (QED) is 0.666. The normalized spacial score (nSPS) is 12.7. The van der Waals surface area contributed by atoms with Crippen LogP contribution in [0, 0.1) is 0 Å². The van der Waals surface area contributed by atoms with Gasteiger partial charge in [-0.3, -0.25) is 5.10 Å². The number of rotatable bonds is 7. The molecule has 3 rings (SSSR count). The lowest BCUT2D eigenvalue weighted by atomic mass is 10.1. The van der Waals surface area contributed by atoms with Crippen LogP contribution in [0.3, 0.4) is 0 Å². The Balaban J connectivity index is 1.80. The van der Waals surface area contributed by atoms with Crippen LogP contribution in [0.2, 0.25) is 0 Å². The molecule has 0 amide bonds. The van der Waals surface area contributed by atoms with Gasteiger partial charge in [-0.2, -0.15) is 5.10 Å². The molecule has 0 aliphatic heterocycles. The third-order valence-electron chi connectivity index (χ3n) is 4.01. The van der Waals surface area contributed by atoms with Crippen molar-refractivity contribution in [1.82, 2.24) is 14.9 Å². The molecule has 136 valence electrons. The first kappa shape index (κ1) is 18.2. The van der Waals surface area contributed by atoms with Crippen molar-refractivity contribution < 1.29 is 13.2 Å². The molecule has 1 atom stereocenters. The zero-order chi connectivity index (χ0) is 18.6. The van der Waals surface area contributed by atoms with E-state index >= 15 is 0 Å². The van der Waals surface area contributed by atoms with Crippen LogP contribution in [0.5, 0.6) is 5.75 Å². The van der Waals surface area contributed by atoms with Gasteiger partial charge in [0.05, 0.1) is 17.7 Å². The van der Waals surface area contributed by atoms with E-state index < -0.39 is 16.1 Å². The maximum absolute atomic E-state index is 12.7. The van der Waals surface area contributed by atoms with E-state index in [9.17, 15) is 8.42 Å². The number of hydrogen-bond donors (Lipinski definition) is 2. The molecule has 0 spiro atoms. The molecule has 0 aliphatic rings. The zero-order valence-corrected chi connectivity index (χ0v) is 15.5. The summed E-state index contributed by atoms with van der Waals surface area (Å²) in [6.45, 7) is 4.22. The average Bonchev–Trinajstić information content (AvgIpc) is 3.17. The predicted molar refractivity (Wildman–Crippen MR) is 100 cm³/mol. The summed E-state index contributed by atoms with van der Waals surface area (Å²) in [5.74, 6) is 0.681. The maximum atomic E-state index is 12.7. The number of benzene rings is 2. The molecule has 1 aromatic heterocycles. The Morgan fingerprint density at radius 1 is 1.12 bits per heavy atom. The molecule has 1 unspecified atom stereocenters. The number of aromatic nitrogens is 2. The Hall–Kier alpha value is -2.64. The number of para-hydroxylation sites is 1. The fraction of sp³-hybridized carbons (Fsp3) is 0.211. The molecular formula is C19H21N3O3S. The van der Waals surface area contributed by atoms with E-state index in [0.717, 1.165) is 16.7 Å². The summed E-state index contributed by atoms with van der Waals surface area (Å²) in [6, 6.07) is 13.7. The number of H-pyrrole nitrogens is 1. The number of sulfonamides is 1. The van der Waals surface area contributed by atoms with Gasteiger partial charge in [-0.25, -0.2) is 13.1 Å². The Morgan fingerprint density at radius 2 is 1.85 bits per heavy atom. The van der Waals surface area contributed by atoms with Crippen LogP contribution in [-0.4, -0.2) is 25.2 Å². The molecule has 0 saturated heterocycles. The van der Waals surface area contributed by atoms with Crippen LogP contribution in [0.4, 0.5) is 0 Å². The number of ether oxygens (including phenoxy) is 1. The summed E-state index contributed by atoms with van der Waals surface area (Å²) in [7, 11) is -3.65. The lowest BCUT2D eigenvalue weighted by molar-refractivity contribution is 0.334. The van der Waals surface area contributed by atoms with Gasteiger partial charge in [0.2, 0.25) is 10.0 Å². The van der Waals surface area contributed by atoms with Gasteiger partial charge in [-0.1, -0.05) is 30.3 Å². The molecule has 0 saturated carbocycles. The minimum Gasteiger partial charge on any atom is -0.494 e. The topological polar surface area (TPSA) is 84.1 Å². The van der Waals surface area contributed by atoms with Crippen molar-refractivity contribution in [3.05, 3.63) is 66.5 Å². The summed E-state index contributed by atoms with van der Waals surface area (Å²) < 4.78 is 33.7. The molecule has 7 heteroatoms. The van der Waals surface area contributed by atoms with Crippen molar-refractivity contribution in [2.75, 3.05) is 6.61 Å². The van der Waals surface area contributed by atoms with E-state index in [1.165, 1.54) is 0 Å². The van der Waals surface area contributed by atoms with Gasteiger partial charge in [-0.15, -0.1) is 0 Å². The van der Waals surface area contributed by atoms with Crippen molar-refractivity contribution in [3.63, 3.8) is 0 Å². The molecule has 2 aromatic carbocycles. The monoisotopic (exact) mass is 371 g/mol. The van der Waals surface area contributed by atoms with E-state index in [-0.39, 0.29) is 4.90 Å². The van der Waals surface area contributed by atoms with Crippen LogP contribution >= 0.6 is 0 Å². The van der Waals surface area contributed by atoms with E-state index in [1.807, 2.05) is 31.2 Å². The van der Waals surface area contributed by atoms with Gasteiger partial charge < -0.3 is 4.74 Å². The average molecular weight is 371 g/mol. The van der Waals surface area contributed by atoms with Gasteiger partial charge in [0.1, 0.15) is 5.75 Å². The molecule has 1 heterocycles. The molecule has 26 heavy (non-hydrogen) atoms. The highest BCUT2D eigenvalue weighted by molar-refractivity contribution is 7.89. The van der Waals surface area contributed by atoms with Gasteiger partial charge in [0.25, 0.3) is 0 Å². The molecule has 0 aliphatic carbocycles. The largest absolute Gasteiger partial charge is 0.494 e. The maximum Gasteiger partial charge on any atom is 0.241 e. The second-order valence-electron chi connectivity index (χ2n) is 5.83. The Kier molecular flexibility index (Phi) is 5.39. The second-order valence-corrected chi connectivity index (χ2v) is 7.54. The first-order valence-corrected chi connectivity index (χ1v) is 9.83. The van der Waals surface area contributed by atoms with Crippen molar-refractivity contribution in [2.24, 2.45) is 0 Å². The van der Waals surface area contributed by atoms with Crippen molar-refractivity contribution in [1.29, 1.82) is 0 Å². The van der Waals surface area contributed by atoms with E-state index in [2.05, 4.69) is 14.9 Å². The lowest BCUT2D eigenvalue weighted by Crippen LogP contribution is -2.27. The smallest absolute Gasteiger partial charge is 0.241 e. The second kappa shape index (κ2) is 7.72. The first-order valence-electron chi connectivity index (χ1n) is 8.34. The number of nitrogens with one attached hydrogen (secondary N) is 2. The molecule has 0 fully saturated rings. The molecule has 6 nitrogen and oxygen atoms in total. The zero-order valence-electron chi connectivity index (χ0n) is 14.6. The predicted octanol–water partition coefficient (Wildman–Crippen LogP) is 3.51. The SMILES string of the molecule is CCOc1ccccc1C(C)NS(=O)(=O)c1ccc(-c2cn[nH]c2)cc1. The third-order valence-corrected chi connectivity index (χ3v) is 5.57. The number of nitrogens with zero attached hydrogens (tertiary/aromatic N) is 1. The van der Waals surface area contributed by atoms with Crippen molar-refractivity contribution in [3.8, 4) is 16.9 Å². The van der Waals surface area contributed by atoms with Gasteiger partial charge in [0, 0.05) is 23.4 Å². The van der Waals surface area contributed by atoms with Crippen LogP contribution in [0.25, 0.3) is 11.1 Å². The number of hydrogen-bond acceptors (Lipinski definition) is 4. The highest BCUT2D eigenvalue weighted by Crippen LogP contribution is 2.27. The van der Waals surface area contributed by atoms with E-state index in [4.69, 9.17) is 4.74 Å². The summed E-state index contributed by atoms with van der Waals surface area (Å²) >= 11 is 0. The van der Waals surface area contributed by atoms with Crippen LogP contribution in [0.1, 0.15) is 25.5 Å². The van der Waals surface area contributed by atoms with Crippen LogP contribution in [0.15, 0.2) is 65.8 Å². The Labute approximate surface area is 153 Å². The molecule has 0 radical (unpaired) electrons. The first-order chi connectivity index (χ1) is 12.5. The Bertz CT molecular complexity index is 952. The van der Waals surface area contributed by atoms with E-state index in [0.29, 0.717) is 12.4 Å². The minimum absolute atomic E-state index is 0.213. The molecule has 3 aromatic rings. The van der Waals surface area contributed by atoms with Crippen LogP contribution < -0.4 is 9.46 Å². The molecular weight excluding hydrogens is 350 g/mol. The lowest BCUT2D eigenvalue weighted by Gasteiger charge is -2.18. The van der Waals surface area contributed by atoms with Gasteiger partial charge in [-0.05, 0) is 37.6 Å². The fourth-order valence-electron chi connectivity index (χ4n) is 2.72. The van der Waals surface area contributed by atoms with Crippen molar-refractivity contribution in [2.45, 2.75) is 24.8 Å². The summed E-state index contributed by atoms with van der Waals surface area (Å²) in [6.07, 6.45) is 3.45.